The van der Waals surface area contributed by atoms with Crippen molar-refractivity contribution in [2.24, 2.45) is 13.0 Å². The van der Waals surface area contributed by atoms with Crippen LogP contribution in [0.25, 0.3) is 11.0 Å². The minimum absolute atomic E-state index is 0.0250. The normalized spacial score (nSPS) is 21.4. The predicted molar refractivity (Wildman–Crippen MR) is 89.3 cm³/mol. The predicted octanol–water partition coefficient (Wildman–Crippen LogP) is 1.93. The van der Waals surface area contributed by atoms with Crippen LogP contribution in [0, 0.1) is 5.92 Å². The van der Waals surface area contributed by atoms with Gasteiger partial charge in [0.2, 0.25) is 0 Å². The molecule has 2 aliphatic rings. The van der Waals surface area contributed by atoms with Crippen LogP contribution in [-0.4, -0.2) is 40.3 Å². The second kappa shape index (κ2) is 6.06. The van der Waals surface area contributed by atoms with Crippen molar-refractivity contribution in [2.75, 3.05) is 19.8 Å². The van der Waals surface area contributed by atoms with Crippen LogP contribution >= 0.6 is 0 Å². The number of benzene rings is 1. The SMILES string of the molecule is Cn1c(=O)c(CN(C[C@H]2CCOC2)C2CC2)nc2ccccc21. The second-order valence-corrected chi connectivity index (χ2v) is 6.80. The van der Waals surface area contributed by atoms with E-state index in [9.17, 15) is 4.79 Å². The van der Waals surface area contributed by atoms with Gasteiger partial charge in [-0.2, -0.15) is 0 Å². The second-order valence-electron chi connectivity index (χ2n) is 6.80. The fourth-order valence-electron chi connectivity index (χ4n) is 3.48. The van der Waals surface area contributed by atoms with Gasteiger partial charge in [0.1, 0.15) is 5.69 Å². The van der Waals surface area contributed by atoms with Gasteiger partial charge >= 0.3 is 0 Å². The van der Waals surface area contributed by atoms with Crippen LogP contribution in [0.4, 0.5) is 0 Å². The summed E-state index contributed by atoms with van der Waals surface area (Å²) >= 11 is 0. The highest BCUT2D eigenvalue weighted by atomic mass is 16.5. The van der Waals surface area contributed by atoms with Crippen LogP contribution < -0.4 is 5.56 Å². The van der Waals surface area contributed by atoms with E-state index in [1.54, 1.807) is 4.57 Å². The molecule has 0 N–H and O–H groups in total. The summed E-state index contributed by atoms with van der Waals surface area (Å²) in [4.78, 5) is 19.7. The highest BCUT2D eigenvalue weighted by Crippen LogP contribution is 2.30. The molecular weight excluding hydrogens is 290 g/mol. The van der Waals surface area contributed by atoms with Gasteiger partial charge in [0.25, 0.3) is 5.56 Å². The molecule has 2 aromatic rings. The summed E-state index contributed by atoms with van der Waals surface area (Å²) in [7, 11) is 1.84. The lowest BCUT2D eigenvalue weighted by atomic mass is 10.1. The zero-order chi connectivity index (χ0) is 15.8. The Morgan fingerprint density at radius 3 is 2.87 bits per heavy atom. The Morgan fingerprint density at radius 1 is 1.30 bits per heavy atom. The molecule has 1 atom stereocenters. The number of aryl methyl sites for hydroxylation is 1. The number of aromatic nitrogens is 2. The molecule has 0 radical (unpaired) electrons. The largest absolute Gasteiger partial charge is 0.381 e. The zero-order valence-corrected chi connectivity index (χ0v) is 13.6. The minimum atomic E-state index is 0.0250. The van der Waals surface area contributed by atoms with Gasteiger partial charge in [-0.1, -0.05) is 12.1 Å². The van der Waals surface area contributed by atoms with E-state index < -0.39 is 0 Å². The average Bonchev–Trinajstić information content (AvgIpc) is 3.29. The Morgan fingerprint density at radius 2 is 2.13 bits per heavy atom. The zero-order valence-electron chi connectivity index (χ0n) is 13.6. The molecule has 0 unspecified atom stereocenters. The molecule has 1 saturated heterocycles. The van der Waals surface area contributed by atoms with Gasteiger partial charge in [-0.05, 0) is 37.3 Å². The number of ether oxygens (including phenoxy) is 1. The average molecular weight is 313 g/mol. The molecule has 1 aliphatic heterocycles. The number of hydrogen-bond acceptors (Lipinski definition) is 4. The lowest BCUT2D eigenvalue weighted by Gasteiger charge is -2.24. The van der Waals surface area contributed by atoms with Crippen molar-refractivity contribution in [3.63, 3.8) is 0 Å². The van der Waals surface area contributed by atoms with E-state index >= 15 is 0 Å². The molecule has 1 aliphatic carbocycles. The lowest BCUT2D eigenvalue weighted by Crippen LogP contribution is -2.35. The summed E-state index contributed by atoms with van der Waals surface area (Å²) in [5.41, 5.74) is 2.47. The highest BCUT2D eigenvalue weighted by Gasteiger charge is 2.32. The van der Waals surface area contributed by atoms with Crippen molar-refractivity contribution in [1.29, 1.82) is 0 Å². The Labute approximate surface area is 135 Å². The van der Waals surface area contributed by atoms with Crippen LogP contribution in [-0.2, 0) is 18.3 Å². The third kappa shape index (κ3) is 3.03. The molecule has 1 saturated carbocycles. The molecule has 5 heteroatoms. The van der Waals surface area contributed by atoms with E-state index in [-0.39, 0.29) is 5.56 Å². The van der Waals surface area contributed by atoms with Crippen LogP contribution in [0.2, 0.25) is 0 Å². The summed E-state index contributed by atoms with van der Waals surface area (Å²) in [6.07, 6.45) is 3.61. The topological polar surface area (TPSA) is 47.4 Å². The molecule has 4 rings (SSSR count). The van der Waals surface area contributed by atoms with Gasteiger partial charge in [-0.25, -0.2) is 4.98 Å². The molecule has 23 heavy (non-hydrogen) atoms. The van der Waals surface area contributed by atoms with Gasteiger partial charge < -0.3 is 9.30 Å². The maximum Gasteiger partial charge on any atom is 0.273 e. The first-order valence-corrected chi connectivity index (χ1v) is 8.49. The molecule has 2 heterocycles. The van der Waals surface area contributed by atoms with Crippen LogP contribution in [0.3, 0.4) is 0 Å². The van der Waals surface area contributed by atoms with Gasteiger partial charge in [0, 0.05) is 32.8 Å². The smallest absolute Gasteiger partial charge is 0.273 e. The third-order valence-electron chi connectivity index (χ3n) is 4.98. The van der Waals surface area contributed by atoms with Crippen molar-refractivity contribution >= 4 is 11.0 Å². The molecule has 1 aromatic carbocycles. The van der Waals surface area contributed by atoms with Gasteiger partial charge in [-0.3, -0.25) is 9.69 Å². The number of hydrogen-bond donors (Lipinski definition) is 0. The summed E-state index contributed by atoms with van der Waals surface area (Å²) in [5.74, 6) is 0.597. The third-order valence-corrected chi connectivity index (χ3v) is 4.98. The quantitative estimate of drug-likeness (QED) is 0.846. The Kier molecular flexibility index (Phi) is 3.91. The molecule has 2 fully saturated rings. The lowest BCUT2D eigenvalue weighted by molar-refractivity contribution is 0.160. The van der Waals surface area contributed by atoms with Gasteiger partial charge in [0.05, 0.1) is 17.6 Å². The van der Waals surface area contributed by atoms with Crippen LogP contribution in [0.5, 0.6) is 0 Å². The first-order valence-electron chi connectivity index (χ1n) is 8.49. The van der Waals surface area contributed by atoms with Gasteiger partial charge in [-0.15, -0.1) is 0 Å². The van der Waals surface area contributed by atoms with Crippen molar-refractivity contribution < 1.29 is 4.74 Å². The Bertz CT molecular complexity index is 760. The van der Waals surface area contributed by atoms with E-state index in [4.69, 9.17) is 4.74 Å². The summed E-state index contributed by atoms with van der Waals surface area (Å²) in [5, 5.41) is 0. The van der Waals surface area contributed by atoms with Crippen LogP contribution in [0.1, 0.15) is 25.0 Å². The highest BCUT2D eigenvalue weighted by molar-refractivity contribution is 5.74. The van der Waals surface area contributed by atoms with E-state index in [0.29, 0.717) is 24.2 Å². The van der Waals surface area contributed by atoms with E-state index in [1.165, 1.54) is 12.8 Å². The number of rotatable bonds is 5. The number of para-hydroxylation sites is 2. The van der Waals surface area contributed by atoms with E-state index in [1.807, 2.05) is 31.3 Å². The first kappa shape index (κ1) is 14.8. The standard InChI is InChI=1S/C18H23N3O2/c1-20-17-5-3-2-4-15(17)19-16(18(20)22)11-21(14-6-7-14)10-13-8-9-23-12-13/h2-5,13-14H,6-12H2,1H3/t13-/m1/s1. The number of fused-ring (bicyclic) bond motifs is 1. The van der Waals surface area contributed by atoms with Gasteiger partial charge in [0.15, 0.2) is 0 Å². The number of nitrogens with zero attached hydrogens (tertiary/aromatic N) is 3. The summed E-state index contributed by atoms with van der Waals surface area (Å²) < 4.78 is 7.22. The van der Waals surface area contributed by atoms with E-state index in [0.717, 1.165) is 37.2 Å². The van der Waals surface area contributed by atoms with Crippen LogP contribution in [0.15, 0.2) is 29.1 Å². The van der Waals surface area contributed by atoms with Crippen molar-refractivity contribution in [1.82, 2.24) is 14.5 Å². The van der Waals surface area contributed by atoms with Crippen molar-refractivity contribution in [3.05, 3.63) is 40.3 Å². The fourth-order valence-corrected chi connectivity index (χ4v) is 3.48. The molecule has 1 aromatic heterocycles. The summed E-state index contributed by atoms with van der Waals surface area (Å²) in [6, 6.07) is 8.46. The molecular formula is C18H23N3O2. The summed E-state index contributed by atoms with van der Waals surface area (Å²) in [6.45, 7) is 3.40. The molecule has 5 nitrogen and oxygen atoms in total. The molecule has 0 spiro atoms. The molecule has 0 bridgehead atoms. The Hall–Kier alpha value is -1.72. The minimum Gasteiger partial charge on any atom is -0.381 e. The van der Waals surface area contributed by atoms with Crippen molar-refractivity contribution in [3.8, 4) is 0 Å². The monoisotopic (exact) mass is 313 g/mol. The molecule has 0 amide bonds. The maximum absolute atomic E-state index is 12.6. The first-order chi connectivity index (χ1) is 11.2. The fraction of sp³-hybridized carbons (Fsp3) is 0.556. The maximum atomic E-state index is 12.6. The van der Waals surface area contributed by atoms with Crippen molar-refractivity contribution in [2.45, 2.75) is 31.8 Å². The Balaban J connectivity index is 1.62. The molecule has 122 valence electrons. The van der Waals surface area contributed by atoms with E-state index in [2.05, 4.69) is 9.88 Å².